The molecule has 0 radical (unpaired) electrons. The van der Waals surface area contributed by atoms with Gasteiger partial charge in [0.05, 0.1) is 12.8 Å². The second-order valence-corrected chi connectivity index (χ2v) is 3.84. The van der Waals surface area contributed by atoms with Gasteiger partial charge in [-0.05, 0) is 25.1 Å². The van der Waals surface area contributed by atoms with E-state index in [1.165, 1.54) is 7.11 Å². The fraction of sp³-hybridized carbons (Fsp3) is 0.333. The van der Waals surface area contributed by atoms with Crippen molar-refractivity contribution in [1.29, 1.82) is 0 Å². The van der Waals surface area contributed by atoms with Crippen LogP contribution in [0.1, 0.15) is 12.8 Å². The van der Waals surface area contributed by atoms with Crippen LogP contribution in [-0.4, -0.2) is 25.6 Å². The van der Waals surface area contributed by atoms with Gasteiger partial charge in [-0.2, -0.15) is 0 Å². The fourth-order valence-corrected chi connectivity index (χ4v) is 1.49. The molecule has 0 saturated heterocycles. The molecule has 0 unspecified atom stereocenters. The minimum atomic E-state index is -0.682. The molecular formula is C12H19ClN4O3. The van der Waals surface area contributed by atoms with Crippen LogP contribution < -0.4 is 26.8 Å². The molecule has 0 spiro atoms. The minimum absolute atomic E-state index is 0. The Morgan fingerprint density at radius 2 is 2.00 bits per heavy atom. The zero-order valence-corrected chi connectivity index (χ0v) is 12.0. The smallest absolute Gasteiger partial charge is 0.316 e. The molecule has 8 heteroatoms. The molecule has 0 fully saturated rings. The maximum Gasteiger partial charge on any atom is 0.316 e. The first kappa shape index (κ1) is 18.0. The Kier molecular flexibility index (Phi) is 8.10. The lowest BCUT2D eigenvalue weighted by atomic mass is 10.2. The van der Waals surface area contributed by atoms with Crippen molar-refractivity contribution in [2.45, 2.75) is 12.8 Å². The van der Waals surface area contributed by atoms with E-state index in [0.717, 1.165) is 0 Å². The van der Waals surface area contributed by atoms with Crippen molar-refractivity contribution >= 4 is 35.7 Å². The van der Waals surface area contributed by atoms with E-state index in [1.54, 1.807) is 18.2 Å². The molecule has 0 aliphatic carbocycles. The molecule has 0 bridgehead atoms. The van der Waals surface area contributed by atoms with Crippen LogP contribution in [0.25, 0.3) is 0 Å². The summed E-state index contributed by atoms with van der Waals surface area (Å²) in [5, 5.41) is 5.14. The third-order valence-electron chi connectivity index (χ3n) is 2.35. The first-order valence-electron chi connectivity index (χ1n) is 5.81. The predicted molar refractivity (Wildman–Crippen MR) is 80.4 cm³/mol. The minimum Gasteiger partial charge on any atom is -0.494 e. The number of halogens is 1. The molecule has 7 nitrogen and oxygen atoms in total. The van der Waals surface area contributed by atoms with Crippen LogP contribution >= 0.6 is 12.4 Å². The fourth-order valence-electron chi connectivity index (χ4n) is 1.49. The molecule has 3 amide bonds. The van der Waals surface area contributed by atoms with Gasteiger partial charge < -0.3 is 26.8 Å². The number of amides is 3. The van der Waals surface area contributed by atoms with E-state index in [1.807, 2.05) is 0 Å². The zero-order chi connectivity index (χ0) is 14.3. The third kappa shape index (κ3) is 5.77. The number of carbonyl (C=O) groups is 2. The molecule has 0 aromatic heterocycles. The molecule has 112 valence electrons. The number of anilines is 2. The molecule has 1 aromatic carbocycles. The van der Waals surface area contributed by atoms with Gasteiger partial charge in [-0.3, -0.25) is 4.79 Å². The van der Waals surface area contributed by atoms with Gasteiger partial charge in [-0.15, -0.1) is 12.4 Å². The van der Waals surface area contributed by atoms with Crippen LogP contribution in [0.3, 0.4) is 0 Å². The number of urea groups is 1. The number of carbonyl (C=O) groups excluding carboxylic acids is 2. The van der Waals surface area contributed by atoms with Crippen LogP contribution in [0.2, 0.25) is 0 Å². The lowest BCUT2D eigenvalue weighted by molar-refractivity contribution is -0.116. The van der Waals surface area contributed by atoms with Crippen molar-refractivity contribution in [3.05, 3.63) is 18.2 Å². The molecule has 6 N–H and O–H groups in total. The van der Waals surface area contributed by atoms with Crippen molar-refractivity contribution < 1.29 is 14.3 Å². The summed E-state index contributed by atoms with van der Waals surface area (Å²) >= 11 is 0. The summed E-state index contributed by atoms with van der Waals surface area (Å²) in [7, 11) is 1.46. The normalized spacial score (nSPS) is 9.30. The monoisotopic (exact) mass is 302 g/mol. The first-order valence-corrected chi connectivity index (χ1v) is 5.81. The Bertz CT molecular complexity index is 468. The number of hydrogen-bond donors (Lipinski definition) is 4. The van der Waals surface area contributed by atoms with Gasteiger partial charge in [-0.1, -0.05) is 0 Å². The van der Waals surface area contributed by atoms with Crippen LogP contribution in [0.4, 0.5) is 16.2 Å². The molecule has 0 aliphatic heterocycles. The van der Waals surface area contributed by atoms with Crippen LogP contribution in [0.5, 0.6) is 5.75 Å². The lowest BCUT2D eigenvalue weighted by Crippen LogP contribution is -2.20. The summed E-state index contributed by atoms with van der Waals surface area (Å²) in [6.45, 7) is 0.470. The maximum absolute atomic E-state index is 11.5. The summed E-state index contributed by atoms with van der Waals surface area (Å²) in [4.78, 5) is 22.3. The molecule has 0 aliphatic rings. The SMILES string of the molecule is COc1cc(NC(=O)CCCN)ccc1NC(N)=O.Cl. The van der Waals surface area contributed by atoms with Crippen molar-refractivity contribution in [3.63, 3.8) is 0 Å². The Hall–Kier alpha value is -1.99. The second kappa shape index (κ2) is 9.00. The van der Waals surface area contributed by atoms with Gasteiger partial charge in [-0.25, -0.2) is 4.79 Å². The van der Waals surface area contributed by atoms with E-state index in [2.05, 4.69) is 10.6 Å². The second-order valence-electron chi connectivity index (χ2n) is 3.84. The van der Waals surface area contributed by atoms with Gasteiger partial charge in [0.1, 0.15) is 5.75 Å². The van der Waals surface area contributed by atoms with Gasteiger partial charge >= 0.3 is 6.03 Å². The molecule has 1 rings (SSSR count). The number of nitrogens with two attached hydrogens (primary N) is 2. The summed E-state index contributed by atoms with van der Waals surface area (Å²) in [6, 6.07) is 4.17. The highest BCUT2D eigenvalue weighted by Crippen LogP contribution is 2.27. The van der Waals surface area contributed by atoms with Crippen molar-refractivity contribution in [2.75, 3.05) is 24.3 Å². The number of nitrogens with one attached hydrogen (secondary N) is 2. The van der Waals surface area contributed by atoms with E-state index < -0.39 is 6.03 Å². The Balaban J connectivity index is 0.00000361. The summed E-state index contributed by atoms with van der Waals surface area (Å²) < 4.78 is 5.11. The van der Waals surface area contributed by atoms with Crippen LogP contribution in [0, 0.1) is 0 Å². The van der Waals surface area contributed by atoms with Gasteiger partial charge in [0, 0.05) is 18.2 Å². The van der Waals surface area contributed by atoms with E-state index in [0.29, 0.717) is 36.5 Å². The largest absolute Gasteiger partial charge is 0.494 e. The number of ether oxygens (including phenoxy) is 1. The molecule has 0 atom stereocenters. The van der Waals surface area contributed by atoms with E-state index in [4.69, 9.17) is 16.2 Å². The van der Waals surface area contributed by atoms with E-state index in [9.17, 15) is 9.59 Å². The summed E-state index contributed by atoms with van der Waals surface area (Å²) in [6.07, 6.45) is 0.990. The Labute approximate surface area is 123 Å². The zero-order valence-electron chi connectivity index (χ0n) is 11.1. The predicted octanol–water partition coefficient (Wildman–Crippen LogP) is 1.28. The van der Waals surface area contributed by atoms with Gasteiger partial charge in [0.25, 0.3) is 0 Å². The van der Waals surface area contributed by atoms with Crippen molar-refractivity contribution in [2.24, 2.45) is 11.5 Å². The van der Waals surface area contributed by atoms with Crippen molar-refractivity contribution in [1.82, 2.24) is 0 Å². The van der Waals surface area contributed by atoms with Crippen LogP contribution in [0.15, 0.2) is 18.2 Å². The average molecular weight is 303 g/mol. The van der Waals surface area contributed by atoms with Gasteiger partial charge in [0.2, 0.25) is 5.91 Å². The quantitative estimate of drug-likeness (QED) is 0.632. The first-order chi connectivity index (χ1) is 9.06. The third-order valence-corrected chi connectivity index (χ3v) is 2.35. The Morgan fingerprint density at radius 1 is 1.30 bits per heavy atom. The highest BCUT2D eigenvalue weighted by molar-refractivity contribution is 5.93. The maximum atomic E-state index is 11.5. The Morgan fingerprint density at radius 3 is 2.55 bits per heavy atom. The molecule has 0 heterocycles. The number of hydrogen-bond acceptors (Lipinski definition) is 4. The number of benzene rings is 1. The standard InChI is InChI=1S/C12H18N4O3.ClH/c1-19-10-7-8(15-11(17)3-2-6-13)4-5-9(10)16-12(14)18;/h4-5,7H,2-3,6,13H2,1H3,(H,15,17)(H3,14,16,18);1H. The number of primary amides is 1. The van der Waals surface area contributed by atoms with E-state index in [-0.39, 0.29) is 18.3 Å². The number of methoxy groups -OCH3 is 1. The summed E-state index contributed by atoms with van der Waals surface area (Å²) in [5.74, 6) is 0.290. The molecule has 0 saturated carbocycles. The van der Waals surface area contributed by atoms with E-state index >= 15 is 0 Å². The lowest BCUT2D eigenvalue weighted by Gasteiger charge is -2.11. The summed E-state index contributed by atoms with van der Waals surface area (Å²) in [5.41, 5.74) is 11.4. The number of rotatable bonds is 6. The molecule has 20 heavy (non-hydrogen) atoms. The topological polar surface area (TPSA) is 119 Å². The molecule has 1 aromatic rings. The van der Waals surface area contributed by atoms with Crippen LogP contribution in [-0.2, 0) is 4.79 Å². The van der Waals surface area contributed by atoms with Gasteiger partial charge in [0.15, 0.2) is 0 Å². The highest BCUT2D eigenvalue weighted by atomic mass is 35.5. The molecular weight excluding hydrogens is 284 g/mol. The van der Waals surface area contributed by atoms with Crippen molar-refractivity contribution in [3.8, 4) is 5.75 Å². The highest BCUT2D eigenvalue weighted by Gasteiger charge is 2.08. The average Bonchev–Trinajstić information content (AvgIpc) is 2.37.